The lowest BCUT2D eigenvalue weighted by Gasteiger charge is -2.47. The molecule has 17 heteroatoms. The topological polar surface area (TPSA) is 179 Å². The number of anilines is 1. The summed E-state index contributed by atoms with van der Waals surface area (Å²) in [5, 5.41) is 16.4. The van der Waals surface area contributed by atoms with Gasteiger partial charge in [-0.1, -0.05) is 27.7 Å². The van der Waals surface area contributed by atoms with Crippen molar-refractivity contribution < 1.29 is 61.9 Å². The zero-order valence-electron chi connectivity index (χ0n) is 34.4. The van der Waals surface area contributed by atoms with E-state index >= 15 is 4.39 Å². The van der Waals surface area contributed by atoms with Gasteiger partial charge in [0, 0.05) is 37.5 Å². The molecule has 3 aliphatic heterocycles. The van der Waals surface area contributed by atoms with E-state index in [0.29, 0.717) is 11.4 Å². The number of rotatable bonds is 10. The van der Waals surface area contributed by atoms with Crippen molar-refractivity contribution in [1.82, 2.24) is 9.80 Å². The van der Waals surface area contributed by atoms with Gasteiger partial charge in [0.2, 0.25) is 0 Å². The van der Waals surface area contributed by atoms with Gasteiger partial charge in [0.25, 0.3) is 5.67 Å². The summed E-state index contributed by atoms with van der Waals surface area (Å²) in [6.45, 7) is 12.1. The first kappa shape index (κ1) is 45.5. The van der Waals surface area contributed by atoms with Gasteiger partial charge in [-0.25, -0.2) is 18.8 Å². The van der Waals surface area contributed by atoms with Crippen molar-refractivity contribution in [2.75, 3.05) is 39.7 Å². The summed E-state index contributed by atoms with van der Waals surface area (Å²) >= 11 is 1.32. The standard InChI is InChI=1S/C39H60FN3O12S/c1-12-26-39(8)30(43(36(49)55-39)16-14-17-51-35(48)41-27-15-13-18-56-27)23(4)28(44)21(2)20-37(6,50-11)32(24(5)31(46)38(7,40)34(47)53-26)54-33-29(45)25(42(9)10)19-22(3)52-33/h13,15,18,21-26,29-30,32-33,45H,12,14,16-17,19-20H2,1-11H3,(H,41,48)/t21-,22-,23+,24+,25+,26-,29-,30-,32-,33+,37-,38+,39-/m1/s1. The number of carbonyl (C=O) groups is 5. The Morgan fingerprint density at radius 3 is 2.39 bits per heavy atom. The molecule has 3 fully saturated rings. The molecule has 0 bridgehead atoms. The first-order valence-corrected chi connectivity index (χ1v) is 20.2. The Morgan fingerprint density at radius 2 is 1.80 bits per heavy atom. The predicted molar refractivity (Wildman–Crippen MR) is 204 cm³/mol. The fourth-order valence-electron chi connectivity index (χ4n) is 8.60. The first-order valence-electron chi connectivity index (χ1n) is 19.3. The number of likely N-dealkylation sites (N-methyl/N-ethyl adjacent to an activating group) is 1. The number of esters is 1. The van der Waals surface area contributed by atoms with Gasteiger partial charge in [-0.05, 0) is 85.0 Å². The number of nitrogens with zero attached hydrogens (tertiary/aromatic N) is 2. The lowest BCUT2D eigenvalue weighted by atomic mass is 9.73. The minimum atomic E-state index is -3.21. The van der Waals surface area contributed by atoms with Crippen LogP contribution in [-0.4, -0.2) is 139 Å². The van der Waals surface area contributed by atoms with Crippen LogP contribution in [0.15, 0.2) is 17.5 Å². The Balaban J connectivity index is 1.71. The summed E-state index contributed by atoms with van der Waals surface area (Å²) in [6, 6.07) is 2.10. The largest absolute Gasteiger partial charge is 0.455 e. The fourth-order valence-corrected chi connectivity index (χ4v) is 9.20. The molecule has 2 N–H and O–H groups in total. The molecule has 1 aromatic heterocycles. The molecule has 13 atom stereocenters. The SMILES string of the molecule is CC[C@H]1OC(=O)[C@@](C)(F)C(=O)[C@H](C)[C@@H](O[C@@H]2O[C@H](C)C[C@H](N(C)C)[C@H]2O)[C@](C)(OC)C[C@@H](C)C(=O)[C@H](C)[C@H]2N(CCCOC(=O)Nc3cccs3)C(=O)O[C@]12C. The molecule has 15 nitrogen and oxygen atoms in total. The lowest BCUT2D eigenvalue weighted by Crippen LogP contribution is -2.61. The average molecular weight is 814 g/mol. The second kappa shape index (κ2) is 18.1. The van der Waals surface area contributed by atoms with E-state index in [0.717, 1.165) is 6.92 Å². The highest BCUT2D eigenvalue weighted by molar-refractivity contribution is 7.14. The van der Waals surface area contributed by atoms with E-state index in [1.807, 2.05) is 25.9 Å². The van der Waals surface area contributed by atoms with Crippen LogP contribution in [0.2, 0.25) is 0 Å². The van der Waals surface area contributed by atoms with Gasteiger partial charge in [0.05, 0.1) is 35.5 Å². The van der Waals surface area contributed by atoms with Crippen LogP contribution in [-0.2, 0) is 42.8 Å². The number of amides is 2. The second-order valence-corrected chi connectivity index (χ2v) is 17.1. The summed E-state index contributed by atoms with van der Waals surface area (Å²) in [4.78, 5) is 71.7. The van der Waals surface area contributed by atoms with Gasteiger partial charge in [0.15, 0.2) is 17.7 Å². The van der Waals surface area contributed by atoms with Gasteiger partial charge in [-0.3, -0.25) is 14.9 Å². The maximum Gasteiger partial charge on any atom is 0.412 e. The Morgan fingerprint density at radius 1 is 1.12 bits per heavy atom. The molecule has 1 aromatic rings. The van der Waals surface area contributed by atoms with Gasteiger partial charge in [-0.15, -0.1) is 11.3 Å². The zero-order valence-corrected chi connectivity index (χ0v) is 35.2. The minimum absolute atomic E-state index is 0.000358. The molecule has 4 heterocycles. The maximum absolute atomic E-state index is 16.8. The van der Waals surface area contributed by atoms with Crippen LogP contribution in [0.5, 0.6) is 0 Å². The number of methoxy groups -OCH3 is 1. The maximum atomic E-state index is 16.8. The van der Waals surface area contributed by atoms with E-state index in [1.165, 1.54) is 37.2 Å². The molecule has 0 aliphatic carbocycles. The molecule has 4 rings (SSSR count). The third-order valence-corrected chi connectivity index (χ3v) is 12.5. The molecular weight excluding hydrogens is 754 g/mol. The van der Waals surface area contributed by atoms with E-state index in [9.17, 15) is 29.1 Å². The second-order valence-electron chi connectivity index (χ2n) is 16.2. The van der Waals surface area contributed by atoms with Gasteiger partial charge >= 0.3 is 18.2 Å². The molecule has 3 aliphatic rings. The van der Waals surface area contributed by atoms with Gasteiger partial charge in [0.1, 0.15) is 18.0 Å². The number of aliphatic hydroxyl groups is 1. The van der Waals surface area contributed by atoms with Crippen molar-refractivity contribution >= 4 is 46.1 Å². The van der Waals surface area contributed by atoms with Crippen molar-refractivity contribution in [2.45, 2.75) is 141 Å². The van der Waals surface area contributed by atoms with Crippen molar-refractivity contribution in [3.8, 4) is 0 Å². The van der Waals surface area contributed by atoms with Crippen molar-refractivity contribution in [3.63, 3.8) is 0 Å². The summed E-state index contributed by atoms with van der Waals surface area (Å²) < 4.78 is 52.4. The third kappa shape index (κ3) is 9.39. The molecule has 0 spiro atoms. The number of ether oxygens (including phenoxy) is 6. The minimum Gasteiger partial charge on any atom is -0.455 e. The first-order chi connectivity index (χ1) is 26.1. The summed E-state index contributed by atoms with van der Waals surface area (Å²) in [5.41, 5.74) is -6.35. The van der Waals surface area contributed by atoms with E-state index in [2.05, 4.69) is 5.32 Å². The Bertz CT molecular complexity index is 1560. The van der Waals surface area contributed by atoms with Crippen LogP contribution in [0, 0.1) is 17.8 Å². The predicted octanol–water partition coefficient (Wildman–Crippen LogP) is 4.98. The number of nitrogens with one attached hydrogen (secondary N) is 1. The molecule has 2 amide bonds. The zero-order chi connectivity index (χ0) is 41.9. The fraction of sp³-hybridized carbons (Fsp3) is 0.769. The molecule has 0 saturated carbocycles. The molecule has 0 unspecified atom stereocenters. The van der Waals surface area contributed by atoms with E-state index in [4.69, 9.17) is 28.4 Å². The molecule has 0 radical (unpaired) electrons. The van der Waals surface area contributed by atoms with Crippen LogP contribution in [0.4, 0.5) is 19.0 Å². The number of fused-ring (bicyclic) bond motifs is 1. The highest BCUT2D eigenvalue weighted by Gasteiger charge is 2.61. The van der Waals surface area contributed by atoms with Crippen LogP contribution >= 0.6 is 11.3 Å². The summed E-state index contributed by atoms with van der Waals surface area (Å²) in [7, 11) is 4.99. The molecule has 316 valence electrons. The number of hydrogen-bond acceptors (Lipinski definition) is 14. The van der Waals surface area contributed by atoms with Crippen molar-refractivity contribution in [3.05, 3.63) is 17.5 Å². The number of aliphatic hydroxyl groups excluding tert-OH is 1. The quantitative estimate of drug-likeness (QED) is 0.140. The van der Waals surface area contributed by atoms with E-state index in [-0.39, 0.29) is 50.3 Å². The highest BCUT2D eigenvalue weighted by atomic mass is 32.1. The number of alkyl halides is 1. The van der Waals surface area contributed by atoms with E-state index in [1.54, 1.807) is 45.2 Å². The Labute approximate surface area is 332 Å². The summed E-state index contributed by atoms with van der Waals surface area (Å²) in [5.74, 6) is -6.07. The number of cyclic esters (lactones) is 1. The Kier molecular flexibility index (Phi) is 14.7. The number of thiophene rings is 1. The third-order valence-electron chi connectivity index (χ3n) is 11.7. The molecule has 56 heavy (non-hydrogen) atoms. The molecular formula is C39H60FN3O12S. The molecule has 0 aromatic carbocycles. The van der Waals surface area contributed by atoms with Crippen LogP contribution in [0.25, 0.3) is 0 Å². The smallest absolute Gasteiger partial charge is 0.412 e. The van der Waals surface area contributed by atoms with Crippen LogP contribution < -0.4 is 5.32 Å². The Hall–Kier alpha value is -3.22. The number of carbonyl (C=O) groups excluding carboxylic acids is 5. The van der Waals surface area contributed by atoms with Crippen molar-refractivity contribution in [2.24, 2.45) is 17.8 Å². The number of Topliss-reactive ketones (excluding diaryl/α,β-unsaturated/α-hetero) is 2. The average Bonchev–Trinajstić information content (AvgIpc) is 3.74. The number of ketones is 2. The van der Waals surface area contributed by atoms with Gasteiger partial charge in [-0.2, -0.15) is 0 Å². The van der Waals surface area contributed by atoms with Crippen LogP contribution in [0.3, 0.4) is 0 Å². The number of hydrogen-bond donors (Lipinski definition) is 2. The summed E-state index contributed by atoms with van der Waals surface area (Å²) in [6.07, 6.45) is -6.22. The number of halogens is 1. The van der Waals surface area contributed by atoms with E-state index < -0.39 is 89.2 Å². The normalized spacial score (nSPS) is 38.8. The highest BCUT2D eigenvalue weighted by Crippen LogP contribution is 2.43. The molecule has 3 saturated heterocycles. The van der Waals surface area contributed by atoms with Crippen molar-refractivity contribution in [1.29, 1.82) is 0 Å². The van der Waals surface area contributed by atoms with Gasteiger partial charge < -0.3 is 43.3 Å². The van der Waals surface area contributed by atoms with Crippen LogP contribution in [0.1, 0.15) is 81.1 Å². The lowest BCUT2D eigenvalue weighted by molar-refractivity contribution is -0.295. The monoisotopic (exact) mass is 813 g/mol.